The van der Waals surface area contributed by atoms with Crippen molar-refractivity contribution in [2.45, 2.75) is 25.3 Å². The molecule has 1 unspecified atom stereocenters. The van der Waals surface area contributed by atoms with Crippen molar-refractivity contribution in [3.63, 3.8) is 0 Å². The third-order valence-electron chi connectivity index (χ3n) is 2.25. The molecule has 0 bridgehead atoms. The molecule has 0 aliphatic carbocycles. The van der Waals surface area contributed by atoms with Gasteiger partial charge in [0.05, 0.1) is 0 Å². The lowest BCUT2D eigenvalue weighted by molar-refractivity contribution is -0.142. The van der Waals surface area contributed by atoms with Crippen molar-refractivity contribution in [1.82, 2.24) is 0 Å². The smallest absolute Gasteiger partial charge is 0.323 e. The van der Waals surface area contributed by atoms with Crippen LogP contribution in [-0.2, 0) is 11.2 Å². The molecule has 0 aliphatic heterocycles. The van der Waals surface area contributed by atoms with Crippen LogP contribution < -0.4 is 5.73 Å². The van der Waals surface area contributed by atoms with Gasteiger partial charge in [0.25, 0.3) is 0 Å². The Balaban J connectivity index is 2.61. The average Bonchev–Trinajstić information content (AvgIpc) is 2.15. The summed E-state index contributed by atoms with van der Waals surface area (Å²) in [7, 11) is 0. The summed E-state index contributed by atoms with van der Waals surface area (Å²) in [5, 5.41) is 8.77. The van der Waals surface area contributed by atoms with E-state index in [-0.39, 0.29) is 6.42 Å². The molecule has 81 valence electrons. The van der Waals surface area contributed by atoms with Gasteiger partial charge in [-0.2, -0.15) is 0 Å². The highest BCUT2D eigenvalue weighted by molar-refractivity contribution is 5.77. The minimum atomic E-state index is -1.27. The summed E-state index contributed by atoms with van der Waals surface area (Å²) in [6, 6.07) is 6.88. The molecule has 0 aliphatic rings. The number of benzene rings is 1. The summed E-state index contributed by atoms with van der Waals surface area (Å²) in [4.78, 5) is 10.7. The standard InChI is InChI=1S/C11H13FNO2/c1-11(13,10(14)15)6-5-8-3-2-4-9(12)7-8/h2-3,7H,5-6,13H2,1H3,(H,14,15). The molecule has 0 amide bonds. The van der Waals surface area contributed by atoms with Crippen LogP contribution in [0.3, 0.4) is 0 Å². The van der Waals surface area contributed by atoms with Crippen LogP contribution in [-0.4, -0.2) is 16.6 Å². The summed E-state index contributed by atoms with van der Waals surface area (Å²) in [6.45, 7) is 1.45. The van der Waals surface area contributed by atoms with Crippen molar-refractivity contribution >= 4 is 5.97 Å². The highest BCUT2D eigenvalue weighted by Crippen LogP contribution is 2.12. The highest BCUT2D eigenvalue weighted by atomic mass is 19.1. The largest absolute Gasteiger partial charge is 0.480 e. The van der Waals surface area contributed by atoms with Crippen molar-refractivity contribution in [2.24, 2.45) is 5.73 Å². The molecular formula is C11H13FNO2. The first-order valence-corrected chi connectivity index (χ1v) is 4.60. The van der Waals surface area contributed by atoms with E-state index in [0.717, 1.165) is 5.56 Å². The van der Waals surface area contributed by atoms with Gasteiger partial charge in [-0.25, -0.2) is 4.39 Å². The lowest BCUT2D eigenvalue weighted by Crippen LogP contribution is -2.45. The van der Waals surface area contributed by atoms with Crippen molar-refractivity contribution in [3.05, 3.63) is 35.6 Å². The fourth-order valence-corrected chi connectivity index (χ4v) is 1.15. The quantitative estimate of drug-likeness (QED) is 0.788. The van der Waals surface area contributed by atoms with Crippen molar-refractivity contribution in [1.29, 1.82) is 0 Å². The van der Waals surface area contributed by atoms with E-state index in [1.807, 2.05) is 0 Å². The summed E-state index contributed by atoms with van der Waals surface area (Å²) in [5.41, 5.74) is 5.00. The van der Waals surface area contributed by atoms with Gasteiger partial charge in [0, 0.05) is 6.07 Å². The normalized spacial score (nSPS) is 14.6. The number of halogens is 1. The van der Waals surface area contributed by atoms with E-state index in [2.05, 4.69) is 6.07 Å². The predicted molar refractivity (Wildman–Crippen MR) is 53.8 cm³/mol. The van der Waals surface area contributed by atoms with Gasteiger partial charge in [-0.3, -0.25) is 4.79 Å². The number of aliphatic carboxylic acids is 1. The molecule has 0 heterocycles. The molecule has 15 heavy (non-hydrogen) atoms. The second-order valence-electron chi connectivity index (χ2n) is 3.77. The molecule has 3 nitrogen and oxygen atoms in total. The lowest BCUT2D eigenvalue weighted by Gasteiger charge is -2.18. The van der Waals surface area contributed by atoms with Crippen LogP contribution in [0.4, 0.5) is 4.39 Å². The molecule has 1 aromatic carbocycles. The van der Waals surface area contributed by atoms with Crippen LogP contribution in [0.2, 0.25) is 0 Å². The molecule has 3 N–H and O–H groups in total. The second kappa shape index (κ2) is 4.40. The Labute approximate surface area is 87.7 Å². The molecule has 1 radical (unpaired) electrons. The lowest BCUT2D eigenvalue weighted by atomic mass is 9.94. The van der Waals surface area contributed by atoms with E-state index in [1.165, 1.54) is 19.1 Å². The maximum absolute atomic E-state index is 12.7. The maximum atomic E-state index is 12.7. The molecule has 1 atom stereocenters. The summed E-state index contributed by atoms with van der Waals surface area (Å²) in [5.74, 6) is -1.49. The van der Waals surface area contributed by atoms with E-state index in [1.54, 1.807) is 6.07 Å². The van der Waals surface area contributed by atoms with Crippen LogP contribution in [0, 0.1) is 11.9 Å². The Kier molecular flexibility index (Phi) is 3.42. The van der Waals surface area contributed by atoms with E-state index < -0.39 is 17.3 Å². The van der Waals surface area contributed by atoms with E-state index >= 15 is 0 Å². The predicted octanol–water partition coefficient (Wildman–Crippen LogP) is 1.36. The van der Waals surface area contributed by atoms with Crippen molar-refractivity contribution in [3.8, 4) is 0 Å². The van der Waals surface area contributed by atoms with E-state index in [9.17, 15) is 9.18 Å². The molecule has 1 rings (SSSR count). The number of hydrogen-bond donors (Lipinski definition) is 2. The summed E-state index contributed by atoms with van der Waals surface area (Å²) < 4.78 is 12.7. The number of carbonyl (C=O) groups is 1. The minimum absolute atomic E-state index is 0.270. The summed E-state index contributed by atoms with van der Waals surface area (Å²) in [6.07, 6.45) is 0.705. The zero-order valence-corrected chi connectivity index (χ0v) is 8.46. The Bertz CT molecular complexity index is 363. The third-order valence-corrected chi connectivity index (χ3v) is 2.25. The second-order valence-corrected chi connectivity index (χ2v) is 3.77. The van der Waals surface area contributed by atoms with Gasteiger partial charge >= 0.3 is 5.97 Å². The monoisotopic (exact) mass is 210 g/mol. The average molecular weight is 210 g/mol. The van der Waals surface area contributed by atoms with Crippen LogP contribution >= 0.6 is 0 Å². The van der Waals surface area contributed by atoms with Crippen LogP contribution in [0.15, 0.2) is 18.2 Å². The molecule has 0 aromatic heterocycles. The number of hydrogen-bond acceptors (Lipinski definition) is 2. The Morgan fingerprint density at radius 1 is 1.73 bits per heavy atom. The number of carboxylic acid groups (broad SMARTS) is 1. The minimum Gasteiger partial charge on any atom is -0.480 e. The first-order chi connectivity index (χ1) is 6.92. The van der Waals surface area contributed by atoms with Crippen LogP contribution in [0.1, 0.15) is 18.9 Å². The fraction of sp³-hybridized carbons (Fsp3) is 0.364. The van der Waals surface area contributed by atoms with Gasteiger partial charge in [0.1, 0.15) is 11.4 Å². The number of nitrogens with two attached hydrogens (primary N) is 1. The first-order valence-electron chi connectivity index (χ1n) is 4.60. The van der Waals surface area contributed by atoms with Crippen molar-refractivity contribution < 1.29 is 14.3 Å². The SMILES string of the molecule is CC(N)(CCc1cc[c]c(F)c1)C(=O)O. The first kappa shape index (κ1) is 11.7. The van der Waals surface area contributed by atoms with Crippen molar-refractivity contribution in [2.75, 3.05) is 0 Å². The Morgan fingerprint density at radius 3 is 2.93 bits per heavy atom. The molecule has 0 saturated heterocycles. The zero-order chi connectivity index (χ0) is 11.5. The number of carboxylic acids is 1. The van der Waals surface area contributed by atoms with E-state index in [0.29, 0.717) is 6.42 Å². The van der Waals surface area contributed by atoms with Gasteiger partial charge in [0.15, 0.2) is 0 Å². The highest BCUT2D eigenvalue weighted by Gasteiger charge is 2.27. The molecule has 0 saturated carbocycles. The number of rotatable bonds is 4. The molecule has 0 fully saturated rings. The number of aryl methyl sites for hydroxylation is 1. The molecule has 1 aromatic rings. The van der Waals surface area contributed by atoms with Gasteiger partial charge in [-0.1, -0.05) is 12.1 Å². The van der Waals surface area contributed by atoms with Crippen LogP contribution in [0.5, 0.6) is 0 Å². The molecular weight excluding hydrogens is 197 g/mol. The molecule has 4 heteroatoms. The zero-order valence-electron chi connectivity index (χ0n) is 8.46. The summed E-state index contributed by atoms with van der Waals surface area (Å²) >= 11 is 0. The topological polar surface area (TPSA) is 63.3 Å². The Hall–Kier alpha value is -1.42. The van der Waals surface area contributed by atoms with E-state index in [4.69, 9.17) is 10.8 Å². The maximum Gasteiger partial charge on any atom is 0.323 e. The molecule has 0 spiro atoms. The third kappa shape index (κ3) is 3.32. The van der Waals surface area contributed by atoms with Gasteiger partial charge < -0.3 is 10.8 Å². The Morgan fingerprint density at radius 2 is 2.40 bits per heavy atom. The van der Waals surface area contributed by atoms with Gasteiger partial charge in [-0.15, -0.1) is 0 Å². The van der Waals surface area contributed by atoms with Gasteiger partial charge in [-0.05, 0) is 31.4 Å². The van der Waals surface area contributed by atoms with Crippen LogP contribution in [0.25, 0.3) is 0 Å². The van der Waals surface area contributed by atoms with Gasteiger partial charge in [0.2, 0.25) is 0 Å². The fourth-order valence-electron chi connectivity index (χ4n) is 1.15.